The summed E-state index contributed by atoms with van der Waals surface area (Å²) in [5.41, 5.74) is 6.36. The molecule has 336 valence electrons. The minimum Gasteiger partial charge on any atom is -0.549 e. The van der Waals surface area contributed by atoms with E-state index in [0.717, 1.165) is 0 Å². The Bertz CT molecular complexity index is 2090. The molecule has 62 heavy (non-hydrogen) atoms. The number of hydrogen-bond acceptors (Lipinski definition) is 19. The fraction of sp³-hybridized carbons (Fsp3) is 0.513. The van der Waals surface area contributed by atoms with Gasteiger partial charge in [-0.1, -0.05) is 0 Å². The van der Waals surface area contributed by atoms with Crippen LogP contribution in [0.15, 0.2) is 35.3 Å². The fourth-order valence-electron chi connectivity index (χ4n) is 6.58. The SMILES string of the molecule is CC(=O)CN1CCN(CC(=O)[O-])CCN(CC(=O)[O-])CCN(CC(=O)CCCNC(=O)CC[C@H](NC(=O)c2ccc(NCc3cnc4nc(N)[nH]c(=O)c4n3)cc2)C(=O)O)CC1. The van der Waals surface area contributed by atoms with E-state index < -0.39 is 41.3 Å². The Morgan fingerprint density at radius 1 is 0.823 bits per heavy atom. The smallest absolute Gasteiger partial charge is 0.326 e. The van der Waals surface area contributed by atoms with Gasteiger partial charge in [-0.05, 0) is 44.0 Å². The van der Waals surface area contributed by atoms with Gasteiger partial charge in [0.2, 0.25) is 11.9 Å². The number of fused-ring (bicyclic) bond motifs is 1. The van der Waals surface area contributed by atoms with Crippen LogP contribution < -0.4 is 37.5 Å². The third-order valence-electron chi connectivity index (χ3n) is 9.81. The summed E-state index contributed by atoms with van der Waals surface area (Å²) in [6.45, 7) is 3.73. The van der Waals surface area contributed by atoms with Crippen LogP contribution in [-0.4, -0.2) is 177 Å². The number of anilines is 2. The summed E-state index contributed by atoms with van der Waals surface area (Å²) in [4.78, 5) is 119. The van der Waals surface area contributed by atoms with Gasteiger partial charge in [-0.25, -0.2) is 14.8 Å². The van der Waals surface area contributed by atoms with Crippen molar-refractivity contribution in [2.45, 2.75) is 45.2 Å². The molecule has 2 aromatic heterocycles. The maximum Gasteiger partial charge on any atom is 0.326 e. The van der Waals surface area contributed by atoms with Crippen molar-refractivity contribution < 1.29 is 48.9 Å². The molecule has 1 aliphatic heterocycles. The van der Waals surface area contributed by atoms with E-state index in [4.69, 9.17) is 5.73 Å². The number of rotatable bonds is 21. The van der Waals surface area contributed by atoms with Crippen LogP contribution in [-0.2, 0) is 35.3 Å². The highest BCUT2D eigenvalue weighted by molar-refractivity contribution is 5.97. The highest BCUT2D eigenvalue weighted by Gasteiger charge is 2.23. The number of carboxylic acids is 3. The highest BCUT2D eigenvalue weighted by atomic mass is 16.4. The van der Waals surface area contributed by atoms with Crippen molar-refractivity contribution in [2.24, 2.45) is 0 Å². The van der Waals surface area contributed by atoms with Crippen LogP contribution in [0.1, 0.15) is 48.7 Å². The van der Waals surface area contributed by atoms with E-state index in [2.05, 4.69) is 35.9 Å². The molecule has 3 aromatic rings. The van der Waals surface area contributed by atoms with Gasteiger partial charge in [-0.2, -0.15) is 4.98 Å². The number of amides is 2. The third kappa shape index (κ3) is 16.9. The van der Waals surface area contributed by atoms with E-state index in [1.165, 1.54) is 25.3 Å². The lowest BCUT2D eigenvalue weighted by Gasteiger charge is -2.34. The average molecular weight is 865 g/mol. The van der Waals surface area contributed by atoms with Gasteiger partial charge in [0, 0.05) is 96.1 Å². The number of Topliss-reactive ketones (excluding diaryl/α,β-unsaturated/α-hetero) is 2. The fourth-order valence-corrected chi connectivity index (χ4v) is 6.58. The van der Waals surface area contributed by atoms with Crippen LogP contribution in [0.2, 0.25) is 0 Å². The number of ketones is 2. The summed E-state index contributed by atoms with van der Waals surface area (Å²) in [6.07, 6.45) is 1.45. The molecule has 23 nitrogen and oxygen atoms in total. The molecule has 0 aliphatic carbocycles. The van der Waals surface area contributed by atoms with Gasteiger partial charge in [0.05, 0.1) is 43.5 Å². The number of carbonyl (C=O) groups is 7. The van der Waals surface area contributed by atoms with Crippen LogP contribution in [0.4, 0.5) is 11.6 Å². The van der Waals surface area contributed by atoms with E-state index >= 15 is 0 Å². The van der Waals surface area contributed by atoms with Crippen LogP contribution in [0.25, 0.3) is 11.2 Å². The number of nitrogens with one attached hydrogen (secondary N) is 4. The van der Waals surface area contributed by atoms with Crippen molar-refractivity contribution in [3.8, 4) is 0 Å². The Morgan fingerprint density at radius 3 is 1.94 bits per heavy atom. The van der Waals surface area contributed by atoms with Gasteiger partial charge in [-0.3, -0.25) is 48.6 Å². The molecular formula is C39H52N12O11-2. The van der Waals surface area contributed by atoms with Crippen molar-refractivity contribution in [2.75, 3.05) is 96.1 Å². The van der Waals surface area contributed by atoms with Crippen molar-refractivity contribution in [1.82, 2.24) is 50.2 Å². The van der Waals surface area contributed by atoms with Crippen LogP contribution >= 0.6 is 0 Å². The summed E-state index contributed by atoms with van der Waals surface area (Å²) in [7, 11) is 0. The maximum absolute atomic E-state index is 13.0. The number of carbonyl (C=O) groups excluding carboxylic acids is 6. The number of aromatic nitrogens is 4. The highest BCUT2D eigenvalue weighted by Crippen LogP contribution is 2.13. The largest absolute Gasteiger partial charge is 0.549 e. The normalized spacial score (nSPS) is 15.4. The molecule has 1 fully saturated rings. The zero-order valence-corrected chi connectivity index (χ0v) is 34.4. The Labute approximate surface area is 356 Å². The zero-order chi connectivity index (χ0) is 45.2. The van der Waals surface area contributed by atoms with Crippen molar-refractivity contribution in [3.63, 3.8) is 0 Å². The summed E-state index contributed by atoms with van der Waals surface area (Å²) in [5, 5.41) is 40.7. The van der Waals surface area contributed by atoms with Crippen LogP contribution in [0.3, 0.4) is 0 Å². The number of carboxylic acid groups (broad SMARTS) is 3. The molecule has 4 rings (SSSR count). The number of nitrogens with zero attached hydrogens (tertiary/aromatic N) is 7. The van der Waals surface area contributed by atoms with Crippen LogP contribution in [0, 0.1) is 0 Å². The van der Waals surface area contributed by atoms with Gasteiger partial charge < -0.3 is 46.6 Å². The lowest BCUT2D eigenvalue weighted by molar-refractivity contribution is -0.308. The maximum atomic E-state index is 13.0. The quantitative estimate of drug-likeness (QED) is 0.0551. The molecule has 0 saturated carbocycles. The molecule has 1 saturated heterocycles. The Kier molecular flexibility index (Phi) is 18.8. The van der Waals surface area contributed by atoms with Crippen molar-refractivity contribution >= 4 is 64.1 Å². The molecule has 0 bridgehead atoms. The second-order valence-corrected chi connectivity index (χ2v) is 14.9. The van der Waals surface area contributed by atoms with E-state index in [1.807, 2.05) is 9.80 Å². The first kappa shape index (κ1) is 48.2. The first-order valence-corrected chi connectivity index (χ1v) is 20.0. The van der Waals surface area contributed by atoms with Crippen LogP contribution in [0.5, 0.6) is 0 Å². The predicted octanol–water partition coefficient (Wildman–Crippen LogP) is -4.35. The van der Waals surface area contributed by atoms with Gasteiger partial charge in [0.15, 0.2) is 11.2 Å². The molecule has 1 aliphatic rings. The number of benzene rings is 1. The van der Waals surface area contributed by atoms with E-state index in [9.17, 15) is 53.7 Å². The number of aliphatic carboxylic acids is 3. The molecule has 0 radical (unpaired) electrons. The third-order valence-corrected chi connectivity index (χ3v) is 9.81. The molecule has 1 atom stereocenters. The summed E-state index contributed by atoms with van der Waals surface area (Å²) < 4.78 is 0. The van der Waals surface area contributed by atoms with Crippen molar-refractivity contribution in [1.29, 1.82) is 0 Å². The molecular weight excluding hydrogens is 813 g/mol. The molecule has 7 N–H and O–H groups in total. The number of aromatic amines is 1. The average Bonchev–Trinajstić information content (AvgIpc) is 3.20. The number of nitrogens with two attached hydrogens (primary N) is 1. The Hall–Kier alpha value is -6.43. The van der Waals surface area contributed by atoms with Gasteiger partial charge in [-0.15, -0.1) is 0 Å². The van der Waals surface area contributed by atoms with Gasteiger partial charge in [0.1, 0.15) is 17.6 Å². The number of nitrogen functional groups attached to an aromatic ring is 1. The summed E-state index contributed by atoms with van der Waals surface area (Å²) in [6, 6.07) is 4.81. The Morgan fingerprint density at radius 2 is 1.39 bits per heavy atom. The number of H-pyrrole nitrogens is 1. The minimum atomic E-state index is -1.36. The molecule has 0 unspecified atom stereocenters. The molecule has 3 heterocycles. The molecule has 1 aromatic carbocycles. The first-order chi connectivity index (χ1) is 29.5. The summed E-state index contributed by atoms with van der Waals surface area (Å²) >= 11 is 0. The van der Waals surface area contributed by atoms with Gasteiger partial charge >= 0.3 is 5.97 Å². The molecule has 23 heteroatoms. The van der Waals surface area contributed by atoms with E-state index in [1.54, 1.807) is 21.9 Å². The lowest BCUT2D eigenvalue weighted by Crippen LogP contribution is -2.50. The topological polar surface area (TPSA) is 332 Å². The number of hydrogen-bond donors (Lipinski definition) is 6. The standard InChI is InChI=1S/C39H54N12O11/c1-25(52)21-48-11-13-49(14-16-51(24-33(57)58)18-17-50(15-12-48)23-32(55)56)22-29(53)3-2-10-41-31(54)9-8-30(38(61)62)45-36(59)26-4-6-27(7-5-26)42-19-28-20-43-35-34(44-28)37(60)47-39(40)46-35/h4-7,20,30,42H,2-3,8-19,21-24H2,1H3,(H,41,54)(H,45,59)(H,55,56)(H,57,58)(H,61,62)(H3,40,43,46,47,60)/p-2/t30-/m0/s1. The second-order valence-electron chi connectivity index (χ2n) is 14.9. The zero-order valence-electron chi connectivity index (χ0n) is 34.4. The predicted molar refractivity (Wildman–Crippen MR) is 218 cm³/mol. The van der Waals surface area contributed by atoms with Crippen molar-refractivity contribution in [3.05, 3.63) is 52.1 Å². The molecule has 0 spiro atoms. The Balaban J connectivity index is 1.20. The van der Waals surface area contributed by atoms with E-state index in [-0.39, 0.29) is 112 Å². The summed E-state index contributed by atoms with van der Waals surface area (Å²) in [5.74, 6) is -5.30. The second kappa shape index (κ2) is 24.1. The monoisotopic (exact) mass is 864 g/mol. The lowest BCUT2D eigenvalue weighted by atomic mass is 10.1. The van der Waals surface area contributed by atoms with E-state index in [0.29, 0.717) is 50.5 Å². The first-order valence-electron chi connectivity index (χ1n) is 20.0. The van der Waals surface area contributed by atoms with Gasteiger partial charge in [0.25, 0.3) is 11.5 Å². The molecule has 2 amide bonds. The minimum absolute atomic E-state index is 0.0291.